The van der Waals surface area contributed by atoms with Crippen molar-refractivity contribution in [2.75, 3.05) is 7.11 Å². The predicted octanol–water partition coefficient (Wildman–Crippen LogP) is 2.55. The molecular weight excluding hydrogens is 358 g/mol. The monoisotopic (exact) mass is 377 g/mol. The minimum Gasteiger partial charge on any atom is -0.491 e. The van der Waals surface area contributed by atoms with Gasteiger partial charge >= 0.3 is 0 Å². The number of hydrogen-bond acceptors (Lipinski definition) is 2. The maximum Gasteiger partial charge on any atom is 0.211 e. The van der Waals surface area contributed by atoms with E-state index in [1.54, 1.807) is 6.20 Å². The van der Waals surface area contributed by atoms with Crippen molar-refractivity contribution in [3.63, 3.8) is 0 Å². The summed E-state index contributed by atoms with van der Waals surface area (Å²) in [4.78, 5) is 12.2. The first-order valence-electron chi connectivity index (χ1n) is 6.80. The van der Waals surface area contributed by atoms with E-state index >= 15 is 0 Å². The van der Waals surface area contributed by atoms with Gasteiger partial charge in [-0.05, 0) is 30.5 Å². The smallest absolute Gasteiger partial charge is 0.211 e. The number of methoxy groups -OCH3 is 1. The first kappa shape index (κ1) is 18.9. The number of ether oxygens (including phenoxy) is 1. The summed E-state index contributed by atoms with van der Waals surface area (Å²) in [6.45, 7) is 4.11. The van der Waals surface area contributed by atoms with Crippen molar-refractivity contribution in [2.45, 2.75) is 26.8 Å². The fraction of sp³-hybridized carbons (Fsp3) is 0.294. The number of nitrogens with zero attached hydrogens (tertiary/aromatic N) is 1. The van der Waals surface area contributed by atoms with Crippen molar-refractivity contribution >= 4 is 5.78 Å². The van der Waals surface area contributed by atoms with Gasteiger partial charge in [0.05, 0.1) is 7.11 Å². The van der Waals surface area contributed by atoms with Crippen molar-refractivity contribution in [3.8, 4) is 5.75 Å². The van der Waals surface area contributed by atoms with Crippen LogP contribution >= 0.6 is 0 Å². The summed E-state index contributed by atoms with van der Waals surface area (Å²) >= 11 is 0. The van der Waals surface area contributed by atoms with Crippen LogP contribution in [0.3, 0.4) is 0 Å². The first-order valence-corrected chi connectivity index (χ1v) is 6.80. The second-order valence-corrected chi connectivity index (χ2v) is 5.15. The Morgan fingerprint density at radius 2 is 1.86 bits per heavy atom. The number of benzene rings is 1. The van der Waals surface area contributed by atoms with E-state index in [1.807, 2.05) is 32.0 Å². The fourth-order valence-electron chi connectivity index (χ4n) is 2.36. The van der Waals surface area contributed by atoms with E-state index < -0.39 is 5.82 Å². The molecule has 2 rings (SSSR count). The summed E-state index contributed by atoms with van der Waals surface area (Å²) in [5, 5.41) is 0. The molecule has 0 N–H and O–H groups in total. The van der Waals surface area contributed by atoms with Crippen LogP contribution in [0.4, 0.5) is 4.39 Å². The topological polar surface area (TPSA) is 30.2 Å². The third-order valence-corrected chi connectivity index (χ3v) is 3.48. The minimum absolute atomic E-state index is 0. The van der Waals surface area contributed by atoms with Crippen molar-refractivity contribution in [3.05, 3.63) is 59.2 Å². The SMILES string of the molecule is COc1cc(F)c[n+](CC(=O)Cc2c(C)cccc2C)c1.[Y]. The molecule has 0 aliphatic heterocycles. The Bertz CT molecular complexity index is 653. The van der Waals surface area contributed by atoms with E-state index in [4.69, 9.17) is 4.74 Å². The molecule has 0 bridgehead atoms. The average molecular weight is 377 g/mol. The molecule has 5 heteroatoms. The van der Waals surface area contributed by atoms with Gasteiger partial charge in [0.25, 0.3) is 0 Å². The van der Waals surface area contributed by atoms with E-state index in [1.165, 1.54) is 23.9 Å². The number of halogens is 1. The Kier molecular flexibility index (Phi) is 7.30. The van der Waals surface area contributed by atoms with Crippen LogP contribution < -0.4 is 9.30 Å². The maximum absolute atomic E-state index is 13.4. The van der Waals surface area contributed by atoms with E-state index in [0.717, 1.165) is 16.7 Å². The Balaban J connectivity index is 0.00000242. The van der Waals surface area contributed by atoms with Crippen LogP contribution in [-0.2, 0) is 50.5 Å². The number of carbonyl (C=O) groups is 1. The van der Waals surface area contributed by atoms with Gasteiger partial charge in [-0.3, -0.25) is 4.79 Å². The third kappa shape index (κ3) is 4.96. The number of rotatable bonds is 5. The van der Waals surface area contributed by atoms with E-state index in [2.05, 4.69) is 0 Å². The summed E-state index contributed by atoms with van der Waals surface area (Å²) in [6, 6.07) is 7.25. The summed E-state index contributed by atoms with van der Waals surface area (Å²) < 4.78 is 19.9. The maximum atomic E-state index is 13.4. The van der Waals surface area contributed by atoms with Gasteiger partial charge in [-0.2, -0.15) is 4.57 Å². The molecule has 22 heavy (non-hydrogen) atoms. The molecule has 0 atom stereocenters. The fourth-order valence-corrected chi connectivity index (χ4v) is 2.36. The molecule has 0 unspecified atom stereocenters. The van der Waals surface area contributed by atoms with Gasteiger partial charge in [0.15, 0.2) is 11.6 Å². The number of carbonyl (C=O) groups excluding carboxylic acids is 1. The Labute approximate surface area is 155 Å². The molecule has 0 spiro atoms. The summed E-state index contributed by atoms with van der Waals surface area (Å²) in [6.07, 6.45) is 3.27. The van der Waals surface area contributed by atoms with Crippen LogP contribution in [0.2, 0.25) is 0 Å². The molecule has 0 fully saturated rings. The molecular formula is C17H19FNO2Y+. The second kappa shape index (κ2) is 8.49. The van der Waals surface area contributed by atoms with Crippen LogP contribution in [0.1, 0.15) is 16.7 Å². The van der Waals surface area contributed by atoms with E-state index in [-0.39, 0.29) is 45.0 Å². The Morgan fingerprint density at radius 3 is 2.45 bits per heavy atom. The number of aryl methyl sites for hydroxylation is 2. The molecule has 2 aromatic rings. The van der Waals surface area contributed by atoms with Crippen LogP contribution in [0.25, 0.3) is 0 Å². The van der Waals surface area contributed by atoms with Crippen LogP contribution in [0.15, 0.2) is 36.7 Å². The van der Waals surface area contributed by atoms with Gasteiger partial charge in [0.1, 0.15) is 0 Å². The van der Waals surface area contributed by atoms with E-state index in [9.17, 15) is 9.18 Å². The molecule has 0 saturated heterocycles. The van der Waals surface area contributed by atoms with Crippen LogP contribution in [-0.4, -0.2) is 12.9 Å². The van der Waals surface area contributed by atoms with Crippen LogP contribution in [0.5, 0.6) is 5.75 Å². The van der Waals surface area contributed by atoms with Crippen molar-refractivity contribution in [2.24, 2.45) is 0 Å². The van der Waals surface area contributed by atoms with Gasteiger partial charge < -0.3 is 4.74 Å². The van der Waals surface area contributed by atoms with Crippen molar-refractivity contribution in [1.29, 1.82) is 0 Å². The molecule has 1 radical (unpaired) electrons. The zero-order valence-electron chi connectivity index (χ0n) is 13.1. The standard InChI is InChI=1S/C17H19FNO2.Y/c1-12-5-4-6-13(2)17(12)8-15(20)10-19-9-14(18)7-16(11-19)21-3;/h4-7,9,11H,8,10H2,1-3H3;/q+1;. The minimum atomic E-state index is -0.422. The quantitative estimate of drug-likeness (QED) is 0.750. The zero-order chi connectivity index (χ0) is 15.4. The summed E-state index contributed by atoms with van der Waals surface area (Å²) in [5.41, 5.74) is 3.25. The molecule has 1 aromatic carbocycles. The molecule has 0 aliphatic carbocycles. The van der Waals surface area contributed by atoms with E-state index in [0.29, 0.717) is 12.2 Å². The largest absolute Gasteiger partial charge is 0.491 e. The Hall–Kier alpha value is -1.13. The average Bonchev–Trinajstić information content (AvgIpc) is 2.42. The van der Waals surface area contributed by atoms with Crippen LogP contribution in [0, 0.1) is 19.7 Å². The summed E-state index contributed by atoms with van der Waals surface area (Å²) in [5.74, 6) is 0.00847. The molecule has 0 aliphatic rings. The van der Waals surface area contributed by atoms with Gasteiger partial charge in [0, 0.05) is 45.2 Å². The number of Topliss-reactive ketones (excluding diaryl/α,β-unsaturated/α-hetero) is 1. The molecule has 1 heterocycles. The number of hydrogen-bond donors (Lipinski definition) is 0. The molecule has 0 saturated carbocycles. The zero-order valence-corrected chi connectivity index (χ0v) is 15.9. The molecule has 0 amide bonds. The number of ketones is 1. The normalized spacial score (nSPS) is 10.0. The van der Waals surface area contributed by atoms with Gasteiger partial charge in [-0.15, -0.1) is 0 Å². The third-order valence-electron chi connectivity index (χ3n) is 3.48. The number of aromatic nitrogens is 1. The molecule has 1 aromatic heterocycles. The van der Waals surface area contributed by atoms with Gasteiger partial charge in [-0.25, -0.2) is 4.39 Å². The van der Waals surface area contributed by atoms with Crippen molar-refractivity contribution in [1.82, 2.24) is 0 Å². The Morgan fingerprint density at radius 1 is 1.23 bits per heavy atom. The molecule has 113 valence electrons. The van der Waals surface area contributed by atoms with Gasteiger partial charge in [0.2, 0.25) is 24.7 Å². The predicted molar refractivity (Wildman–Crippen MR) is 77.8 cm³/mol. The van der Waals surface area contributed by atoms with Gasteiger partial charge in [-0.1, -0.05) is 18.2 Å². The second-order valence-electron chi connectivity index (χ2n) is 5.15. The molecule has 3 nitrogen and oxygen atoms in total. The number of pyridine rings is 1. The summed E-state index contributed by atoms with van der Waals surface area (Å²) in [7, 11) is 1.47. The first-order chi connectivity index (χ1) is 9.99. The van der Waals surface area contributed by atoms with Crippen molar-refractivity contribution < 1.29 is 51.2 Å².